The van der Waals surface area contributed by atoms with Crippen molar-refractivity contribution >= 4 is 35.0 Å². The van der Waals surface area contributed by atoms with E-state index < -0.39 is 0 Å². The van der Waals surface area contributed by atoms with Gasteiger partial charge in [-0.1, -0.05) is 35.3 Å². The number of rotatable bonds is 5. The van der Waals surface area contributed by atoms with Gasteiger partial charge in [-0.25, -0.2) is 0 Å². The molecule has 2 aromatic carbocycles. The van der Waals surface area contributed by atoms with E-state index >= 15 is 0 Å². The molecule has 0 aliphatic carbocycles. The van der Waals surface area contributed by atoms with Gasteiger partial charge < -0.3 is 15.0 Å². The second-order valence-corrected chi connectivity index (χ2v) is 8.08. The van der Waals surface area contributed by atoms with Gasteiger partial charge in [0.05, 0.1) is 10.6 Å². The number of ether oxygens (including phenoxy) is 1. The van der Waals surface area contributed by atoms with Crippen LogP contribution >= 0.6 is 23.2 Å². The maximum Gasteiger partial charge on any atom is 0.260 e. The van der Waals surface area contributed by atoms with Gasteiger partial charge in [0.2, 0.25) is 0 Å². The molecule has 0 aromatic heterocycles. The Morgan fingerprint density at radius 3 is 2.59 bits per heavy atom. The van der Waals surface area contributed by atoms with Crippen LogP contribution in [0, 0.1) is 13.8 Å². The quantitative estimate of drug-likeness (QED) is 0.757. The Morgan fingerprint density at radius 1 is 1.14 bits per heavy atom. The van der Waals surface area contributed by atoms with E-state index in [0.29, 0.717) is 41.5 Å². The number of hydrogen-bond acceptors (Lipinski definition) is 3. The van der Waals surface area contributed by atoms with Crippen LogP contribution < -0.4 is 10.1 Å². The van der Waals surface area contributed by atoms with E-state index in [4.69, 9.17) is 27.9 Å². The number of nitrogens with one attached hydrogen (secondary N) is 1. The third kappa shape index (κ3) is 5.43. The van der Waals surface area contributed by atoms with Crippen LogP contribution in [0.2, 0.25) is 10.0 Å². The van der Waals surface area contributed by atoms with Crippen molar-refractivity contribution in [2.24, 2.45) is 0 Å². The van der Waals surface area contributed by atoms with E-state index in [0.717, 1.165) is 16.9 Å². The fourth-order valence-corrected chi connectivity index (χ4v) is 3.69. The summed E-state index contributed by atoms with van der Waals surface area (Å²) in [5, 5.41) is 3.81. The first-order valence-electron chi connectivity index (χ1n) is 9.58. The first kappa shape index (κ1) is 21.5. The fraction of sp³-hybridized carbons (Fsp3) is 0.364. The predicted molar refractivity (Wildman–Crippen MR) is 115 cm³/mol. The van der Waals surface area contributed by atoms with Crippen molar-refractivity contribution < 1.29 is 14.3 Å². The summed E-state index contributed by atoms with van der Waals surface area (Å²) in [4.78, 5) is 26.7. The van der Waals surface area contributed by atoms with Gasteiger partial charge in [-0.15, -0.1) is 0 Å². The second kappa shape index (κ2) is 9.51. The smallest absolute Gasteiger partial charge is 0.260 e. The number of amides is 2. The number of piperidine rings is 1. The van der Waals surface area contributed by atoms with Crippen LogP contribution in [0.4, 0.5) is 0 Å². The van der Waals surface area contributed by atoms with Crippen molar-refractivity contribution in [2.75, 3.05) is 19.7 Å². The highest BCUT2D eigenvalue weighted by Crippen LogP contribution is 2.22. The highest BCUT2D eigenvalue weighted by Gasteiger charge is 2.25. The highest BCUT2D eigenvalue weighted by molar-refractivity contribution is 6.35. The molecule has 0 saturated carbocycles. The van der Waals surface area contributed by atoms with Crippen molar-refractivity contribution in [1.82, 2.24) is 10.2 Å². The van der Waals surface area contributed by atoms with E-state index in [9.17, 15) is 9.59 Å². The lowest BCUT2D eigenvalue weighted by atomic mass is 10.0. The number of likely N-dealkylation sites (tertiary alicyclic amines) is 1. The van der Waals surface area contributed by atoms with Gasteiger partial charge in [0, 0.05) is 24.2 Å². The predicted octanol–water partition coefficient (Wildman–Crippen LogP) is 4.41. The molecule has 0 bridgehead atoms. The number of halogens is 2. The summed E-state index contributed by atoms with van der Waals surface area (Å²) in [5.41, 5.74) is 2.53. The summed E-state index contributed by atoms with van der Waals surface area (Å²) < 4.78 is 5.72. The number of aryl methyl sites for hydroxylation is 1. The van der Waals surface area contributed by atoms with E-state index in [1.807, 2.05) is 32.0 Å². The van der Waals surface area contributed by atoms with Crippen LogP contribution in [0.3, 0.4) is 0 Å². The fourth-order valence-electron chi connectivity index (χ4n) is 3.32. The van der Waals surface area contributed by atoms with E-state index in [1.54, 1.807) is 23.1 Å². The maximum atomic E-state index is 12.5. The number of nitrogens with zero attached hydrogens (tertiary/aromatic N) is 1. The molecule has 0 atom stereocenters. The standard InChI is InChI=1S/C22H24Cl2N2O3/c1-14-4-3-5-20(15(14)2)29-13-21(27)26-10-8-17(9-11-26)25-22(28)18-12-16(23)6-7-19(18)24/h3-7,12,17H,8-11,13H2,1-2H3,(H,25,28). The summed E-state index contributed by atoms with van der Waals surface area (Å²) in [6, 6.07) is 10.6. The molecule has 5 nitrogen and oxygen atoms in total. The first-order valence-corrected chi connectivity index (χ1v) is 10.3. The minimum absolute atomic E-state index is 0.0125. The molecule has 2 aromatic rings. The number of carbonyl (C=O) groups excluding carboxylic acids is 2. The SMILES string of the molecule is Cc1cccc(OCC(=O)N2CCC(NC(=O)c3cc(Cl)ccc3Cl)CC2)c1C. The van der Waals surface area contributed by atoms with Crippen molar-refractivity contribution in [2.45, 2.75) is 32.7 Å². The molecule has 1 aliphatic rings. The molecule has 0 spiro atoms. The Bertz CT molecular complexity index is 909. The zero-order valence-corrected chi connectivity index (χ0v) is 18.0. The zero-order valence-electron chi connectivity index (χ0n) is 16.5. The molecule has 7 heteroatoms. The van der Waals surface area contributed by atoms with Crippen molar-refractivity contribution in [3.8, 4) is 5.75 Å². The number of carbonyl (C=O) groups is 2. The molecule has 2 amide bonds. The van der Waals surface area contributed by atoms with E-state index in [-0.39, 0.29) is 24.5 Å². The third-order valence-electron chi connectivity index (χ3n) is 5.26. The molecular formula is C22H24Cl2N2O3. The summed E-state index contributed by atoms with van der Waals surface area (Å²) >= 11 is 12.0. The molecule has 29 heavy (non-hydrogen) atoms. The molecule has 0 radical (unpaired) electrons. The normalized spacial score (nSPS) is 14.6. The average molecular weight is 435 g/mol. The molecule has 3 rings (SSSR count). The Labute approximate surface area is 180 Å². The zero-order chi connectivity index (χ0) is 21.0. The maximum absolute atomic E-state index is 12.5. The third-order valence-corrected chi connectivity index (χ3v) is 5.83. The van der Waals surface area contributed by atoms with Gasteiger partial charge in [-0.2, -0.15) is 0 Å². The van der Waals surface area contributed by atoms with E-state index in [1.165, 1.54) is 0 Å². The number of benzene rings is 2. The molecular weight excluding hydrogens is 411 g/mol. The Kier molecular flexibility index (Phi) is 7.04. The lowest BCUT2D eigenvalue weighted by Crippen LogP contribution is -2.47. The number of hydrogen-bond donors (Lipinski definition) is 1. The monoisotopic (exact) mass is 434 g/mol. The van der Waals surface area contributed by atoms with Crippen LogP contribution in [0.25, 0.3) is 0 Å². The van der Waals surface area contributed by atoms with Crippen LogP contribution in [0.15, 0.2) is 36.4 Å². The highest BCUT2D eigenvalue weighted by atomic mass is 35.5. The minimum atomic E-state index is -0.250. The van der Waals surface area contributed by atoms with Gasteiger partial charge in [0.15, 0.2) is 6.61 Å². The molecule has 1 fully saturated rings. The van der Waals surface area contributed by atoms with Crippen LogP contribution in [0.5, 0.6) is 5.75 Å². The molecule has 154 valence electrons. The van der Waals surface area contributed by atoms with E-state index in [2.05, 4.69) is 5.32 Å². The minimum Gasteiger partial charge on any atom is -0.483 e. The average Bonchev–Trinajstić information content (AvgIpc) is 2.71. The van der Waals surface area contributed by atoms with Crippen LogP contribution in [-0.4, -0.2) is 42.5 Å². The first-order chi connectivity index (χ1) is 13.8. The summed E-state index contributed by atoms with van der Waals surface area (Å²) in [6.45, 7) is 5.15. The van der Waals surface area contributed by atoms with Gasteiger partial charge in [0.1, 0.15) is 5.75 Å². The largest absolute Gasteiger partial charge is 0.483 e. The molecule has 0 unspecified atom stereocenters. The molecule has 1 N–H and O–H groups in total. The Balaban J connectivity index is 1.48. The summed E-state index contributed by atoms with van der Waals surface area (Å²) in [7, 11) is 0. The molecule has 1 saturated heterocycles. The van der Waals surface area contributed by atoms with Gasteiger partial charge in [0.25, 0.3) is 11.8 Å². The van der Waals surface area contributed by atoms with Crippen molar-refractivity contribution in [3.05, 3.63) is 63.1 Å². The van der Waals surface area contributed by atoms with Gasteiger partial charge >= 0.3 is 0 Å². The lowest BCUT2D eigenvalue weighted by Gasteiger charge is -2.32. The molecule has 1 aliphatic heterocycles. The van der Waals surface area contributed by atoms with Crippen molar-refractivity contribution in [3.63, 3.8) is 0 Å². The Morgan fingerprint density at radius 2 is 1.86 bits per heavy atom. The lowest BCUT2D eigenvalue weighted by molar-refractivity contribution is -0.134. The van der Waals surface area contributed by atoms with Gasteiger partial charge in [-0.05, 0) is 62.1 Å². The summed E-state index contributed by atoms with van der Waals surface area (Å²) in [5.74, 6) is 0.438. The topological polar surface area (TPSA) is 58.6 Å². The summed E-state index contributed by atoms with van der Waals surface area (Å²) in [6.07, 6.45) is 1.36. The van der Waals surface area contributed by atoms with Gasteiger partial charge in [-0.3, -0.25) is 9.59 Å². The molecule has 1 heterocycles. The van der Waals surface area contributed by atoms with Crippen LogP contribution in [0.1, 0.15) is 34.3 Å². The van der Waals surface area contributed by atoms with Crippen molar-refractivity contribution in [1.29, 1.82) is 0 Å². The Hall–Kier alpha value is -2.24. The second-order valence-electron chi connectivity index (χ2n) is 7.24. The van der Waals surface area contributed by atoms with Crippen LogP contribution in [-0.2, 0) is 4.79 Å².